The summed E-state index contributed by atoms with van der Waals surface area (Å²) >= 11 is 0. The number of rotatable bonds is 5. The van der Waals surface area contributed by atoms with E-state index in [-0.39, 0.29) is 0 Å². The Kier molecular flexibility index (Phi) is 4.96. The van der Waals surface area contributed by atoms with Crippen LogP contribution in [0, 0.1) is 6.92 Å². The van der Waals surface area contributed by atoms with Gasteiger partial charge in [0.25, 0.3) is 0 Å². The van der Waals surface area contributed by atoms with Crippen LogP contribution in [0.5, 0.6) is 5.88 Å². The minimum Gasteiger partial charge on any atom is -0.481 e. The molecule has 0 aromatic carbocycles. The number of methoxy groups -OCH3 is 1. The SMILES string of the molecule is COc1cc(N(CCN)C2CCCCC2)nc(C)n1. The van der Waals surface area contributed by atoms with Crippen LogP contribution in [0.15, 0.2) is 6.07 Å². The lowest BCUT2D eigenvalue weighted by Crippen LogP contribution is -2.40. The third-order valence-corrected chi connectivity index (χ3v) is 3.69. The van der Waals surface area contributed by atoms with Crippen molar-refractivity contribution in [1.82, 2.24) is 9.97 Å². The molecule has 5 nitrogen and oxygen atoms in total. The number of aryl methyl sites for hydroxylation is 1. The average molecular weight is 264 g/mol. The van der Waals surface area contributed by atoms with Crippen LogP contribution in [-0.4, -0.2) is 36.2 Å². The summed E-state index contributed by atoms with van der Waals surface area (Å²) < 4.78 is 5.24. The van der Waals surface area contributed by atoms with Crippen LogP contribution in [0.2, 0.25) is 0 Å². The van der Waals surface area contributed by atoms with E-state index in [2.05, 4.69) is 14.9 Å². The van der Waals surface area contributed by atoms with E-state index in [0.29, 0.717) is 18.5 Å². The minimum atomic E-state index is 0.552. The van der Waals surface area contributed by atoms with E-state index in [4.69, 9.17) is 10.5 Å². The second kappa shape index (κ2) is 6.70. The highest BCUT2D eigenvalue weighted by atomic mass is 16.5. The molecule has 0 atom stereocenters. The Morgan fingerprint density at radius 3 is 2.68 bits per heavy atom. The van der Waals surface area contributed by atoms with E-state index >= 15 is 0 Å². The normalized spacial score (nSPS) is 16.4. The number of hydrogen-bond acceptors (Lipinski definition) is 5. The standard InChI is InChI=1S/C14H24N4O/c1-11-16-13(10-14(17-11)19-2)18(9-8-15)12-6-4-3-5-7-12/h10,12H,3-9,15H2,1-2H3. The van der Waals surface area contributed by atoms with E-state index in [9.17, 15) is 0 Å². The molecule has 19 heavy (non-hydrogen) atoms. The van der Waals surface area contributed by atoms with Gasteiger partial charge in [-0.2, -0.15) is 4.98 Å². The molecular formula is C14H24N4O. The van der Waals surface area contributed by atoms with Crippen LogP contribution in [0.1, 0.15) is 37.9 Å². The van der Waals surface area contributed by atoms with Gasteiger partial charge in [-0.25, -0.2) is 4.98 Å². The van der Waals surface area contributed by atoms with Crippen LogP contribution in [-0.2, 0) is 0 Å². The molecule has 0 spiro atoms. The fourth-order valence-corrected chi connectivity index (χ4v) is 2.79. The smallest absolute Gasteiger partial charge is 0.218 e. The quantitative estimate of drug-likeness (QED) is 0.880. The van der Waals surface area contributed by atoms with Gasteiger partial charge in [0.05, 0.1) is 7.11 Å². The molecular weight excluding hydrogens is 240 g/mol. The predicted octanol–water partition coefficient (Wildman–Crippen LogP) is 1.89. The molecule has 1 aliphatic carbocycles. The van der Waals surface area contributed by atoms with Gasteiger partial charge < -0.3 is 15.4 Å². The molecule has 1 aromatic rings. The lowest BCUT2D eigenvalue weighted by molar-refractivity contribution is 0.392. The maximum absolute atomic E-state index is 5.77. The number of aromatic nitrogens is 2. The summed E-state index contributed by atoms with van der Waals surface area (Å²) in [4.78, 5) is 11.1. The fraction of sp³-hybridized carbons (Fsp3) is 0.714. The van der Waals surface area contributed by atoms with E-state index in [1.165, 1.54) is 32.1 Å². The lowest BCUT2D eigenvalue weighted by Gasteiger charge is -2.35. The molecule has 0 amide bonds. The van der Waals surface area contributed by atoms with Crippen molar-refractivity contribution < 1.29 is 4.74 Å². The van der Waals surface area contributed by atoms with Crippen LogP contribution >= 0.6 is 0 Å². The van der Waals surface area contributed by atoms with Crippen LogP contribution < -0.4 is 15.4 Å². The third-order valence-electron chi connectivity index (χ3n) is 3.69. The number of nitrogens with zero attached hydrogens (tertiary/aromatic N) is 3. The fourth-order valence-electron chi connectivity index (χ4n) is 2.79. The molecule has 106 valence electrons. The summed E-state index contributed by atoms with van der Waals surface area (Å²) in [6.07, 6.45) is 6.40. The van der Waals surface area contributed by atoms with Gasteiger partial charge in [0.15, 0.2) is 0 Å². The van der Waals surface area contributed by atoms with Gasteiger partial charge in [-0.05, 0) is 19.8 Å². The molecule has 1 fully saturated rings. The molecule has 1 saturated carbocycles. The van der Waals surface area contributed by atoms with Crippen molar-refractivity contribution in [3.8, 4) is 5.88 Å². The second-order valence-corrected chi connectivity index (χ2v) is 5.09. The molecule has 0 bridgehead atoms. The van der Waals surface area contributed by atoms with Crippen molar-refractivity contribution in [1.29, 1.82) is 0 Å². The van der Waals surface area contributed by atoms with Crippen LogP contribution in [0.3, 0.4) is 0 Å². The Balaban J connectivity index is 2.24. The molecule has 0 aliphatic heterocycles. The molecule has 2 rings (SSSR count). The van der Waals surface area contributed by atoms with Gasteiger partial charge in [0.1, 0.15) is 11.6 Å². The Morgan fingerprint density at radius 2 is 2.05 bits per heavy atom. The van der Waals surface area contributed by atoms with Gasteiger partial charge >= 0.3 is 0 Å². The van der Waals surface area contributed by atoms with Crippen LogP contribution in [0.4, 0.5) is 5.82 Å². The minimum absolute atomic E-state index is 0.552. The molecule has 1 aromatic heterocycles. The predicted molar refractivity (Wildman–Crippen MR) is 76.6 cm³/mol. The Labute approximate surface area is 115 Å². The van der Waals surface area contributed by atoms with Gasteiger partial charge in [-0.1, -0.05) is 19.3 Å². The largest absolute Gasteiger partial charge is 0.481 e. The zero-order valence-corrected chi connectivity index (χ0v) is 11.9. The Morgan fingerprint density at radius 1 is 1.32 bits per heavy atom. The highest BCUT2D eigenvalue weighted by Crippen LogP contribution is 2.27. The summed E-state index contributed by atoms with van der Waals surface area (Å²) in [6, 6.07) is 2.47. The summed E-state index contributed by atoms with van der Waals surface area (Å²) in [7, 11) is 1.64. The molecule has 1 heterocycles. The van der Waals surface area contributed by atoms with E-state index in [1.807, 2.05) is 13.0 Å². The molecule has 1 aliphatic rings. The second-order valence-electron chi connectivity index (χ2n) is 5.09. The van der Waals surface area contributed by atoms with Gasteiger partial charge in [0.2, 0.25) is 5.88 Å². The van der Waals surface area contributed by atoms with Gasteiger partial charge in [-0.15, -0.1) is 0 Å². The van der Waals surface area contributed by atoms with Crippen molar-refractivity contribution in [3.63, 3.8) is 0 Å². The highest BCUT2D eigenvalue weighted by Gasteiger charge is 2.22. The zero-order valence-electron chi connectivity index (χ0n) is 11.9. The topological polar surface area (TPSA) is 64.3 Å². The number of nitrogens with two attached hydrogens (primary N) is 1. The van der Waals surface area contributed by atoms with E-state index in [0.717, 1.165) is 18.2 Å². The summed E-state index contributed by atoms with van der Waals surface area (Å²) in [5.41, 5.74) is 5.77. The van der Waals surface area contributed by atoms with Gasteiger partial charge in [0, 0.05) is 25.2 Å². The Bertz CT molecular complexity index is 404. The number of hydrogen-bond donors (Lipinski definition) is 1. The van der Waals surface area contributed by atoms with Crippen molar-refractivity contribution >= 4 is 5.82 Å². The maximum atomic E-state index is 5.77. The number of ether oxygens (including phenoxy) is 1. The first-order chi connectivity index (χ1) is 9.24. The van der Waals surface area contributed by atoms with E-state index < -0.39 is 0 Å². The zero-order chi connectivity index (χ0) is 13.7. The molecule has 0 unspecified atom stereocenters. The lowest BCUT2D eigenvalue weighted by atomic mass is 9.94. The summed E-state index contributed by atoms with van der Waals surface area (Å²) in [5.74, 6) is 2.31. The maximum Gasteiger partial charge on any atom is 0.218 e. The first-order valence-electron chi connectivity index (χ1n) is 7.11. The molecule has 2 N–H and O–H groups in total. The summed E-state index contributed by atoms with van der Waals surface area (Å²) in [6.45, 7) is 3.37. The van der Waals surface area contributed by atoms with Crippen molar-refractivity contribution in [2.24, 2.45) is 5.73 Å². The molecule has 0 radical (unpaired) electrons. The average Bonchev–Trinajstić information content (AvgIpc) is 2.45. The van der Waals surface area contributed by atoms with Crippen molar-refractivity contribution in [2.45, 2.75) is 45.1 Å². The monoisotopic (exact) mass is 264 g/mol. The Hall–Kier alpha value is -1.36. The van der Waals surface area contributed by atoms with Crippen LogP contribution in [0.25, 0.3) is 0 Å². The third kappa shape index (κ3) is 3.56. The number of anilines is 1. The summed E-state index contributed by atoms with van der Waals surface area (Å²) in [5, 5.41) is 0. The first-order valence-corrected chi connectivity index (χ1v) is 7.11. The van der Waals surface area contributed by atoms with Crippen molar-refractivity contribution in [3.05, 3.63) is 11.9 Å². The van der Waals surface area contributed by atoms with Crippen molar-refractivity contribution in [2.75, 3.05) is 25.1 Å². The highest BCUT2D eigenvalue weighted by molar-refractivity contribution is 5.43. The van der Waals surface area contributed by atoms with E-state index in [1.54, 1.807) is 7.11 Å². The molecule has 5 heteroatoms. The first kappa shape index (κ1) is 14.1. The van der Waals surface area contributed by atoms with Gasteiger partial charge in [-0.3, -0.25) is 0 Å². The molecule has 0 saturated heterocycles.